The largest absolute Gasteiger partial charge is 0.457 e. The van der Waals surface area contributed by atoms with E-state index in [9.17, 15) is 19.5 Å². The maximum Gasteiger partial charge on any atom is 0.417 e. The standard InChI is InChI=1S/C44H45NO8/c1-30-14-12-21-35(24-30)37-26-40(52-39(37)22-13-23-50-29-36(27-46)51-28-33-17-8-4-9-18-33)41(47)38(25-32-15-6-3-7-16-32)43(48)45-31(2)42(53-44(45)49)34-19-10-5-11-20-34/h3-12,14-21,24,26,31,36,38,42,46H,13,22-23,25,27-29H2,1-2H3/t31-,36+,38-,42-/m0/s1. The summed E-state index contributed by atoms with van der Waals surface area (Å²) in [5.74, 6) is -1.75. The van der Waals surface area contributed by atoms with Gasteiger partial charge in [0, 0.05) is 18.6 Å². The van der Waals surface area contributed by atoms with Crippen molar-refractivity contribution in [2.24, 2.45) is 5.92 Å². The van der Waals surface area contributed by atoms with Gasteiger partial charge in [-0.1, -0.05) is 121 Å². The molecule has 1 saturated heterocycles. The average Bonchev–Trinajstić information content (AvgIpc) is 3.75. The molecule has 53 heavy (non-hydrogen) atoms. The molecule has 1 fully saturated rings. The summed E-state index contributed by atoms with van der Waals surface area (Å²) in [5, 5.41) is 9.81. The van der Waals surface area contributed by atoms with Crippen molar-refractivity contribution >= 4 is 17.8 Å². The molecule has 274 valence electrons. The summed E-state index contributed by atoms with van der Waals surface area (Å²) >= 11 is 0. The molecule has 5 aromatic rings. The molecule has 1 aliphatic rings. The van der Waals surface area contributed by atoms with E-state index >= 15 is 0 Å². The highest BCUT2D eigenvalue weighted by molar-refractivity contribution is 6.12. The van der Waals surface area contributed by atoms with Crippen LogP contribution in [-0.4, -0.2) is 59.8 Å². The van der Waals surface area contributed by atoms with Crippen molar-refractivity contribution in [1.82, 2.24) is 4.90 Å². The van der Waals surface area contributed by atoms with Gasteiger partial charge in [0.1, 0.15) is 23.9 Å². The van der Waals surface area contributed by atoms with Crippen molar-refractivity contribution in [3.05, 3.63) is 155 Å². The number of aliphatic hydroxyl groups is 1. The number of ether oxygens (including phenoxy) is 3. The van der Waals surface area contributed by atoms with Crippen LogP contribution in [-0.2, 0) is 38.5 Å². The molecule has 0 unspecified atom stereocenters. The molecule has 0 radical (unpaired) electrons. The molecule has 4 aromatic carbocycles. The van der Waals surface area contributed by atoms with Gasteiger partial charge in [-0.05, 0) is 55.0 Å². The number of carbonyl (C=O) groups excluding carboxylic acids is 3. The van der Waals surface area contributed by atoms with E-state index in [1.165, 1.54) is 0 Å². The molecular formula is C44H45NO8. The summed E-state index contributed by atoms with van der Waals surface area (Å²) < 4.78 is 23.7. The molecule has 1 N–H and O–H groups in total. The number of nitrogens with zero attached hydrogens (tertiary/aromatic N) is 1. The first-order valence-corrected chi connectivity index (χ1v) is 18.0. The molecule has 9 nitrogen and oxygen atoms in total. The Bertz CT molecular complexity index is 1960. The number of aryl methyl sites for hydroxylation is 2. The zero-order valence-corrected chi connectivity index (χ0v) is 30.1. The Balaban J connectivity index is 1.20. The second kappa shape index (κ2) is 17.9. The Hall–Kier alpha value is -5.35. The number of cyclic esters (lactones) is 1. The van der Waals surface area contributed by atoms with Gasteiger partial charge in [0.2, 0.25) is 11.7 Å². The van der Waals surface area contributed by atoms with E-state index < -0.39 is 42.0 Å². The summed E-state index contributed by atoms with van der Waals surface area (Å²) in [7, 11) is 0. The molecular weight excluding hydrogens is 670 g/mol. The smallest absolute Gasteiger partial charge is 0.417 e. The van der Waals surface area contributed by atoms with Crippen LogP contribution < -0.4 is 0 Å². The second-order valence-electron chi connectivity index (χ2n) is 13.4. The highest BCUT2D eigenvalue weighted by atomic mass is 16.6. The van der Waals surface area contributed by atoms with Crippen LogP contribution in [0.25, 0.3) is 11.1 Å². The van der Waals surface area contributed by atoms with Crippen molar-refractivity contribution in [2.75, 3.05) is 19.8 Å². The van der Waals surface area contributed by atoms with Gasteiger partial charge in [0.05, 0.1) is 25.9 Å². The molecule has 2 heterocycles. The molecule has 0 saturated carbocycles. The lowest BCUT2D eigenvalue weighted by molar-refractivity contribution is -0.131. The number of aliphatic hydroxyl groups excluding tert-OH is 1. The topological polar surface area (TPSA) is 116 Å². The number of hydrogen-bond acceptors (Lipinski definition) is 8. The van der Waals surface area contributed by atoms with Gasteiger partial charge in [0.25, 0.3) is 0 Å². The third-order valence-corrected chi connectivity index (χ3v) is 9.44. The van der Waals surface area contributed by atoms with Crippen LogP contribution in [0, 0.1) is 12.8 Å². The lowest BCUT2D eigenvalue weighted by atomic mass is 9.91. The highest BCUT2D eigenvalue weighted by Gasteiger charge is 2.47. The molecule has 0 aliphatic carbocycles. The Morgan fingerprint density at radius 1 is 0.868 bits per heavy atom. The minimum atomic E-state index is -1.24. The zero-order valence-electron chi connectivity index (χ0n) is 30.1. The molecule has 6 rings (SSSR count). The van der Waals surface area contributed by atoms with Gasteiger partial charge in [-0.15, -0.1) is 0 Å². The zero-order chi connectivity index (χ0) is 37.2. The Morgan fingerprint density at radius 3 is 2.23 bits per heavy atom. The first kappa shape index (κ1) is 37.4. The van der Waals surface area contributed by atoms with E-state index in [1.54, 1.807) is 13.0 Å². The summed E-state index contributed by atoms with van der Waals surface area (Å²) in [6.45, 7) is 4.55. The van der Waals surface area contributed by atoms with Crippen molar-refractivity contribution in [3.8, 4) is 11.1 Å². The van der Waals surface area contributed by atoms with Crippen LogP contribution >= 0.6 is 0 Å². The van der Waals surface area contributed by atoms with E-state index in [2.05, 4.69) is 0 Å². The first-order chi connectivity index (χ1) is 25.8. The van der Waals surface area contributed by atoms with E-state index in [0.717, 1.165) is 38.3 Å². The SMILES string of the molecule is Cc1cccc(-c2cc(C(=O)[C@H](Cc3ccccc3)C(=O)N3C(=O)O[C@H](c4ccccc4)[C@@H]3C)oc2CCCOC[C@@H](CO)OCc2ccccc2)c1. The summed E-state index contributed by atoms with van der Waals surface area (Å²) in [4.78, 5) is 43.1. The first-order valence-electron chi connectivity index (χ1n) is 18.0. The molecule has 1 aromatic heterocycles. The Labute approximate surface area is 310 Å². The van der Waals surface area contributed by atoms with Gasteiger partial charge in [0.15, 0.2) is 5.76 Å². The molecule has 1 aliphatic heterocycles. The maximum atomic E-state index is 14.5. The van der Waals surface area contributed by atoms with Crippen LogP contribution in [0.3, 0.4) is 0 Å². The number of rotatable bonds is 17. The predicted octanol–water partition coefficient (Wildman–Crippen LogP) is 7.93. The number of ketones is 1. The van der Waals surface area contributed by atoms with E-state index in [4.69, 9.17) is 18.6 Å². The molecule has 0 spiro atoms. The summed E-state index contributed by atoms with van der Waals surface area (Å²) in [6.07, 6.45) is -0.806. The molecule has 0 bridgehead atoms. The van der Waals surface area contributed by atoms with Crippen molar-refractivity contribution in [2.45, 2.75) is 58.0 Å². The van der Waals surface area contributed by atoms with E-state index in [1.807, 2.05) is 122 Å². The number of Topliss-reactive ketones (excluding diaryl/α,β-unsaturated/α-hetero) is 1. The third-order valence-electron chi connectivity index (χ3n) is 9.44. The highest BCUT2D eigenvalue weighted by Crippen LogP contribution is 2.35. The number of imide groups is 1. The van der Waals surface area contributed by atoms with Crippen molar-refractivity contribution in [3.63, 3.8) is 0 Å². The minimum absolute atomic E-state index is 0.0428. The predicted molar refractivity (Wildman–Crippen MR) is 200 cm³/mol. The Kier molecular flexibility index (Phi) is 12.6. The second-order valence-corrected chi connectivity index (χ2v) is 13.4. The van der Waals surface area contributed by atoms with Crippen LogP contribution in [0.5, 0.6) is 0 Å². The van der Waals surface area contributed by atoms with Gasteiger partial charge in [-0.25, -0.2) is 9.69 Å². The number of hydrogen-bond donors (Lipinski definition) is 1. The van der Waals surface area contributed by atoms with Crippen molar-refractivity contribution < 1.29 is 38.1 Å². The van der Waals surface area contributed by atoms with Crippen molar-refractivity contribution in [1.29, 1.82) is 0 Å². The number of furan rings is 1. The van der Waals surface area contributed by atoms with Gasteiger partial charge in [-0.3, -0.25) is 9.59 Å². The summed E-state index contributed by atoms with van der Waals surface area (Å²) in [6, 6.07) is 37.3. The Morgan fingerprint density at radius 2 is 1.55 bits per heavy atom. The summed E-state index contributed by atoms with van der Waals surface area (Å²) in [5.41, 5.74) is 5.23. The van der Waals surface area contributed by atoms with Gasteiger partial charge < -0.3 is 23.7 Å². The van der Waals surface area contributed by atoms with Crippen LogP contribution in [0.1, 0.15) is 58.0 Å². The lowest BCUT2D eigenvalue weighted by Gasteiger charge is -2.23. The lowest BCUT2D eigenvalue weighted by Crippen LogP contribution is -2.44. The minimum Gasteiger partial charge on any atom is -0.457 e. The molecule has 9 heteroatoms. The fraction of sp³-hybridized carbons (Fsp3) is 0.295. The molecule has 4 atom stereocenters. The van der Waals surface area contributed by atoms with E-state index in [0.29, 0.717) is 31.8 Å². The van der Waals surface area contributed by atoms with Crippen LogP contribution in [0.2, 0.25) is 0 Å². The third kappa shape index (κ3) is 9.37. The van der Waals surface area contributed by atoms with Gasteiger partial charge in [-0.2, -0.15) is 0 Å². The van der Waals surface area contributed by atoms with Crippen LogP contribution in [0.4, 0.5) is 4.79 Å². The van der Waals surface area contributed by atoms with Gasteiger partial charge >= 0.3 is 6.09 Å². The fourth-order valence-corrected chi connectivity index (χ4v) is 6.61. The normalized spacial score (nSPS) is 16.7. The van der Waals surface area contributed by atoms with E-state index in [-0.39, 0.29) is 25.4 Å². The maximum absolute atomic E-state index is 14.5. The fourth-order valence-electron chi connectivity index (χ4n) is 6.61. The number of carbonyl (C=O) groups is 3. The average molecular weight is 716 g/mol. The monoisotopic (exact) mass is 715 g/mol. The molecule has 2 amide bonds. The number of amides is 2. The van der Waals surface area contributed by atoms with Crippen LogP contribution in [0.15, 0.2) is 126 Å². The number of benzene rings is 4. The quantitative estimate of drug-likeness (QED) is 0.0587.